The summed E-state index contributed by atoms with van der Waals surface area (Å²) >= 11 is 0. The van der Waals surface area contributed by atoms with E-state index in [-0.39, 0.29) is 6.10 Å². The van der Waals surface area contributed by atoms with E-state index in [9.17, 15) is 9.90 Å². The van der Waals surface area contributed by atoms with Gasteiger partial charge in [0.05, 0.1) is 11.5 Å². The molecule has 0 bridgehead atoms. The molecule has 0 fully saturated rings. The number of nitrogens with one attached hydrogen (secondary N) is 2. The van der Waals surface area contributed by atoms with E-state index < -0.39 is 12.0 Å². The van der Waals surface area contributed by atoms with Crippen molar-refractivity contribution in [2.45, 2.75) is 57.6 Å². The number of pyridine rings is 1. The maximum Gasteiger partial charge on any atom is 0.326 e. The Morgan fingerprint density at radius 2 is 2.14 bits per heavy atom. The lowest BCUT2D eigenvalue weighted by Crippen LogP contribution is -2.38. The molecule has 0 aliphatic carbocycles. The lowest BCUT2D eigenvalue weighted by molar-refractivity contribution is -0.138. The fourth-order valence-corrected chi connectivity index (χ4v) is 4.81. The van der Waals surface area contributed by atoms with E-state index in [2.05, 4.69) is 37.6 Å². The summed E-state index contributed by atoms with van der Waals surface area (Å²) in [6, 6.07) is 5.49. The van der Waals surface area contributed by atoms with E-state index in [4.69, 9.17) is 9.72 Å². The van der Waals surface area contributed by atoms with Crippen LogP contribution >= 0.6 is 0 Å². The molecule has 0 spiro atoms. The summed E-state index contributed by atoms with van der Waals surface area (Å²) in [5.41, 5.74) is 3.20. The molecule has 10 nitrogen and oxygen atoms in total. The van der Waals surface area contributed by atoms with Gasteiger partial charge in [-0.05, 0) is 69.7 Å². The molecule has 1 aliphatic heterocycles. The number of anilines is 2. The lowest BCUT2D eigenvalue weighted by Gasteiger charge is -2.27. The predicted octanol–water partition coefficient (Wildman–Crippen LogP) is 3.34. The zero-order valence-electron chi connectivity index (χ0n) is 22.1. The van der Waals surface area contributed by atoms with Gasteiger partial charge in [0.25, 0.3) is 0 Å². The SMILES string of the molecule is CO[C@H](C)CN(CCCCc1ccc2c(n1)NCCC2)CC[C@@H](Nc1ncnc2c1ccn2C)C(=O)O. The van der Waals surface area contributed by atoms with Crippen molar-refractivity contribution in [2.75, 3.05) is 43.9 Å². The van der Waals surface area contributed by atoms with Gasteiger partial charge in [0, 0.05) is 45.7 Å². The molecule has 0 saturated heterocycles. The highest BCUT2D eigenvalue weighted by atomic mass is 16.5. The molecular formula is C27H39N7O3. The highest BCUT2D eigenvalue weighted by molar-refractivity contribution is 5.89. The second kappa shape index (κ2) is 12.8. The summed E-state index contributed by atoms with van der Waals surface area (Å²) in [6.45, 7) is 5.30. The van der Waals surface area contributed by atoms with Gasteiger partial charge in [-0.1, -0.05) is 6.07 Å². The average molecular weight is 510 g/mol. The first-order chi connectivity index (χ1) is 17.9. The number of hydrogen-bond donors (Lipinski definition) is 3. The van der Waals surface area contributed by atoms with Crippen molar-refractivity contribution in [1.82, 2.24) is 24.4 Å². The molecule has 2 atom stereocenters. The van der Waals surface area contributed by atoms with Crippen LogP contribution in [-0.4, -0.2) is 80.9 Å². The molecule has 4 rings (SSSR count). The van der Waals surface area contributed by atoms with Gasteiger partial charge >= 0.3 is 5.97 Å². The summed E-state index contributed by atoms with van der Waals surface area (Å²) in [4.78, 5) is 27.8. The number of unbranched alkanes of at least 4 members (excludes halogenated alkanes) is 1. The summed E-state index contributed by atoms with van der Waals surface area (Å²) in [5.74, 6) is 0.694. The second-order valence-corrected chi connectivity index (χ2v) is 9.85. The molecule has 0 aromatic carbocycles. The minimum Gasteiger partial charge on any atom is -0.480 e. The molecule has 3 N–H and O–H groups in total. The van der Waals surface area contributed by atoms with Gasteiger partial charge in [-0.3, -0.25) is 0 Å². The number of carboxylic acid groups (broad SMARTS) is 1. The molecule has 0 unspecified atom stereocenters. The monoisotopic (exact) mass is 509 g/mol. The number of rotatable bonds is 14. The number of aryl methyl sites for hydroxylation is 3. The minimum absolute atomic E-state index is 0.0652. The molecule has 3 aromatic heterocycles. The van der Waals surface area contributed by atoms with E-state index in [1.807, 2.05) is 30.8 Å². The first-order valence-corrected chi connectivity index (χ1v) is 13.2. The van der Waals surface area contributed by atoms with Gasteiger partial charge in [0.15, 0.2) is 0 Å². The zero-order chi connectivity index (χ0) is 26.2. The molecule has 0 saturated carbocycles. The predicted molar refractivity (Wildman–Crippen MR) is 145 cm³/mol. The van der Waals surface area contributed by atoms with Crippen LogP contribution in [0.4, 0.5) is 11.6 Å². The maximum absolute atomic E-state index is 12.1. The number of fused-ring (bicyclic) bond motifs is 2. The summed E-state index contributed by atoms with van der Waals surface area (Å²) < 4.78 is 7.39. The summed E-state index contributed by atoms with van der Waals surface area (Å²) in [7, 11) is 3.61. The smallest absolute Gasteiger partial charge is 0.326 e. The van der Waals surface area contributed by atoms with Crippen molar-refractivity contribution >= 4 is 28.6 Å². The fourth-order valence-electron chi connectivity index (χ4n) is 4.81. The Morgan fingerprint density at radius 1 is 1.27 bits per heavy atom. The van der Waals surface area contributed by atoms with Gasteiger partial charge in [0.1, 0.15) is 29.7 Å². The third-order valence-electron chi connectivity index (χ3n) is 7.03. The van der Waals surface area contributed by atoms with E-state index in [1.54, 1.807) is 7.11 Å². The quantitative estimate of drug-likeness (QED) is 0.281. The molecule has 37 heavy (non-hydrogen) atoms. The van der Waals surface area contributed by atoms with Gasteiger partial charge < -0.3 is 29.9 Å². The van der Waals surface area contributed by atoms with Crippen LogP contribution in [0.15, 0.2) is 30.7 Å². The molecule has 1 aliphatic rings. The zero-order valence-corrected chi connectivity index (χ0v) is 22.1. The standard InChI is InChI=1S/C27H39N7O3/c1-19(37-3)17-34(14-5-4-8-21-10-9-20-7-6-13-28-24(20)31-21)16-12-23(27(35)36)32-25-22-11-15-33(2)26(22)30-18-29-25/h9-11,15,18-19,23H,4-8,12-14,16-17H2,1-3H3,(H,28,31)(H,35,36)(H,29,30,32)/t19-,23-/m1/s1. The second-order valence-electron chi connectivity index (χ2n) is 9.85. The number of ether oxygens (including phenoxy) is 1. The highest BCUT2D eigenvalue weighted by Crippen LogP contribution is 2.22. The Hall–Kier alpha value is -3.24. The maximum atomic E-state index is 12.1. The van der Waals surface area contributed by atoms with Crippen LogP contribution in [0.2, 0.25) is 0 Å². The van der Waals surface area contributed by atoms with Crippen LogP contribution in [0.3, 0.4) is 0 Å². The molecule has 3 aromatic rings. The normalized spacial score (nSPS) is 14.8. The van der Waals surface area contributed by atoms with Crippen molar-refractivity contribution in [3.8, 4) is 0 Å². The first kappa shape index (κ1) is 26.8. The van der Waals surface area contributed by atoms with Crippen LogP contribution in [0.1, 0.15) is 43.9 Å². The van der Waals surface area contributed by atoms with Crippen LogP contribution in [0.25, 0.3) is 11.0 Å². The number of methoxy groups -OCH3 is 1. The topological polar surface area (TPSA) is 117 Å². The number of carbonyl (C=O) groups is 1. The summed E-state index contributed by atoms with van der Waals surface area (Å²) in [5, 5.41) is 17.3. The van der Waals surface area contributed by atoms with E-state index in [0.717, 1.165) is 74.3 Å². The third kappa shape index (κ3) is 7.17. The van der Waals surface area contributed by atoms with Crippen LogP contribution in [0, 0.1) is 0 Å². The number of aliphatic carboxylic acids is 1. The molecule has 0 amide bonds. The Balaban J connectivity index is 1.32. The van der Waals surface area contributed by atoms with E-state index >= 15 is 0 Å². The van der Waals surface area contributed by atoms with Crippen molar-refractivity contribution in [2.24, 2.45) is 7.05 Å². The fraction of sp³-hybridized carbons (Fsp3) is 0.556. The van der Waals surface area contributed by atoms with Gasteiger partial charge in [-0.25, -0.2) is 19.7 Å². The number of nitrogens with zero attached hydrogens (tertiary/aromatic N) is 5. The van der Waals surface area contributed by atoms with Crippen LogP contribution in [-0.2, 0) is 29.4 Å². The third-order valence-corrected chi connectivity index (χ3v) is 7.03. The van der Waals surface area contributed by atoms with Gasteiger partial charge in [-0.2, -0.15) is 0 Å². The van der Waals surface area contributed by atoms with E-state index in [0.29, 0.717) is 18.8 Å². The first-order valence-electron chi connectivity index (χ1n) is 13.2. The Bertz CT molecular complexity index is 1180. The Labute approximate surface area is 218 Å². The van der Waals surface area contributed by atoms with Crippen LogP contribution < -0.4 is 10.6 Å². The van der Waals surface area contributed by atoms with Gasteiger partial charge in [0.2, 0.25) is 0 Å². The lowest BCUT2D eigenvalue weighted by atomic mass is 10.1. The van der Waals surface area contributed by atoms with Crippen molar-refractivity contribution in [3.63, 3.8) is 0 Å². The number of carboxylic acids is 1. The Kier molecular flexibility index (Phi) is 9.29. The molecule has 4 heterocycles. The van der Waals surface area contributed by atoms with Crippen LogP contribution in [0.5, 0.6) is 0 Å². The largest absolute Gasteiger partial charge is 0.480 e. The summed E-state index contributed by atoms with van der Waals surface area (Å²) in [6.07, 6.45) is 9.09. The average Bonchev–Trinajstić information content (AvgIpc) is 3.29. The molecule has 0 radical (unpaired) electrons. The minimum atomic E-state index is -0.894. The molecular weight excluding hydrogens is 470 g/mol. The van der Waals surface area contributed by atoms with E-state index in [1.165, 1.54) is 11.9 Å². The highest BCUT2D eigenvalue weighted by Gasteiger charge is 2.21. The molecule has 10 heteroatoms. The van der Waals surface area contributed by atoms with Crippen molar-refractivity contribution in [1.29, 1.82) is 0 Å². The number of aromatic nitrogens is 4. The Morgan fingerprint density at radius 3 is 2.95 bits per heavy atom. The van der Waals surface area contributed by atoms with Crippen molar-refractivity contribution in [3.05, 3.63) is 42.0 Å². The van der Waals surface area contributed by atoms with Gasteiger partial charge in [-0.15, -0.1) is 0 Å². The van der Waals surface area contributed by atoms with Crippen molar-refractivity contribution < 1.29 is 14.6 Å². The molecule has 200 valence electrons. The number of hydrogen-bond acceptors (Lipinski definition) is 8.